The molecule has 2 nitrogen and oxygen atoms in total. The van der Waals surface area contributed by atoms with Crippen LogP contribution in [0.3, 0.4) is 0 Å². The zero-order valence-corrected chi connectivity index (χ0v) is 5.52. The van der Waals surface area contributed by atoms with Gasteiger partial charge in [0.05, 0.1) is 6.54 Å². The van der Waals surface area contributed by atoms with Crippen LogP contribution in [-0.2, 0) is 4.79 Å². The molecule has 1 saturated heterocycles. The molecule has 1 radical (unpaired) electrons. The monoisotopic (exact) mass is 126 g/mol. The minimum Gasteiger partial charge on any atom is -0.310 e. The number of hydrogen-bond acceptors (Lipinski definition) is 2. The fourth-order valence-electron chi connectivity index (χ4n) is 1.10. The van der Waals surface area contributed by atoms with Crippen LogP contribution in [0.2, 0.25) is 0 Å². The van der Waals surface area contributed by atoms with E-state index < -0.39 is 0 Å². The van der Waals surface area contributed by atoms with Gasteiger partial charge in [-0.2, -0.15) is 0 Å². The van der Waals surface area contributed by atoms with Crippen molar-refractivity contribution in [3.63, 3.8) is 0 Å². The molecule has 1 unspecified atom stereocenters. The number of nitrogens with one attached hydrogen (secondary N) is 1. The van der Waals surface area contributed by atoms with Gasteiger partial charge >= 0.3 is 0 Å². The van der Waals surface area contributed by atoms with E-state index in [1.807, 2.05) is 0 Å². The van der Waals surface area contributed by atoms with Gasteiger partial charge in [0.25, 0.3) is 0 Å². The third-order valence-electron chi connectivity index (χ3n) is 1.77. The summed E-state index contributed by atoms with van der Waals surface area (Å²) >= 11 is 0. The number of hydrogen-bond donors (Lipinski definition) is 1. The first-order valence-corrected chi connectivity index (χ1v) is 3.37. The first-order chi connectivity index (χ1) is 4.34. The van der Waals surface area contributed by atoms with Gasteiger partial charge in [-0.1, -0.05) is 6.92 Å². The molecule has 1 fully saturated rings. The molecule has 1 N–H and O–H groups in total. The van der Waals surface area contributed by atoms with E-state index in [2.05, 4.69) is 12.2 Å². The molecule has 1 aliphatic heterocycles. The van der Waals surface area contributed by atoms with Gasteiger partial charge in [0.1, 0.15) is 5.78 Å². The lowest BCUT2D eigenvalue weighted by Gasteiger charge is -2.19. The molecule has 51 valence electrons. The second-order valence-corrected chi connectivity index (χ2v) is 2.42. The molecular weight excluding hydrogens is 114 g/mol. The minimum atomic E-state index is 0.242. The predicted octanol–water partition coefficient (Wildman–Crippen LogP) is 0.389. The van der Waals surface area contributed by atoms with Crippen LogP contribution >= 0.6 is 0 Å². The lowest BCUT2D eigenvalue weighted by atomic mass is 9.94. The van der Waals surface area contributed by atoms with E-state index in [9.17, 15) is 4.79 Å². The highest BCUT2D eigenvalue weighted by molar-refractivity contribution is 5.83. The van der Waals surface area contributed by atoms with E-state index in [0.29, 0.717) is 12.3 Å². The SMILES string of the molecule is [CH2]CC1CCNCC1=O. The highest BCUT2D eigenvalue weighted by Crippen LogP contribution is 2.10. The Bertz CT molecular complexity index is 111. The van der Waals surface area contributed by atoms with Crippen molar-refractivity contribution >= 4 is 5.78 Å². The van der Waals surface area contributed by atoms with Crippen LogP contribution < -0.4 is 5.32 Å². The van der Waals surface area contributed by atoms with E-state index in [1.54, 1.807) is 0 Å². The van der Waals surface area contributed by atoms with Crippen molar-refractivity contribution in [2.45, 2.75) is 12.8 Å². The fourth-order valence-corrected chi connectivity index (χ4v) is 1.10. The smallest absolute Gasteiger partial charge is 0.149 e. The van der Waals surface area contributed by atoms with Gasteiger partial charge < -0.3 is 5.32 Å². The molecule has 0 amide bonds. The highest BCUT2D eigenvalue weighted by atomic mass is 16.1. The Labute approximate surface area is 55.6 Å². The Morgan fingerprint density at radius 2 is 2.56 bits per heavy atom. The van der Waals surface area contributed by atoms with Gasteiger partial charge in [0.15, 0.2) is 0 Å². The predicted molar refractivity (Wildman–Crippen MR) is 36.0 cm³/mol. The Morgan fingerprint density at radius 3 is 3.00 bits per heavy atom. The first-order valence-electron chi connectivity index (χ1n) is 3.37. The van der Waals surface area contributed by atoms with Crippen molar-refractivity contribution in [1.29, 1.82) is 0 Å². The zero-order chi connectivity index (χ0) is 6.69. The van der Waals surface area contributed by atoms with Crippen molar-refractivity contribution in [3.05, 3.63) is 6.92 Å². The van der Waals surface area contributed by atoms with Gasteiger partial charge in [-0.25, -0.2) is 0 Å². The standard InChI is InChI=1S/C7H12NO/c1-2-6-3-4-8-5-7(6)9/h6,8H,1-5H2. The van der Waals surface area contributed by atoms with Crippen LogP contribution in [0.15, 0.2) is 0 Å². The average Bonchev–Trinajstić information content (AvgIpc) is 1.89. The number of carbonyl (C=O) groups excluding carboxylic acids is 1. The molecule has 1 rings (SSSR count). The molecule has 0 aromatic carbocycles. The Balaban J connectivity index is 2.39. The van der Waals surface area contributed by atoms with E-state index in [4.69, 9.17) is 0 Å². The number of piperidine rings is 1. The number of rotatable bonds is 1. The van der Waals surface area contributed by atoms with Crippen LogP contribution in [0.1, 0.15) is 12.8 Å². The molecule has 0 aromatic heterocycles. The van der Waals surface area contributed by atoms with Crippen molar-refractivity contribution in [1.82, 2.24) is 5.32 Å². The molecule has 1 heterocycles. The van der Waals surface area contributed by atoms with Gasteiger partial charge in [-0.3, -0.25) is 4.79 Å². The average molecular weight is 126 g/mol. The maximum absolute atomic E-state index is 10.9. The van der Waals surface area contributed by atoms with Crippen LogP contribution in [-0.4, -0.2) is 18.9 Å². The number of Topliss-reactive ketones (excluding diaryl/α,β-unsaturated/α-hetero) is 1. The topological polar surface area (TPSA) is 29.1 Å². The van der Waals surface area contributed by atoms with Crippen LogP contribution in [0.4, 0.5) is 0 Å². The third-order valence-corrected chi connectivity index (χ3v) is 1.77. The Hall–Kier alpha value is -0.370. The molecule has 1 aliphatic rings. The van der Waals surface area contributed by atoms with Crippen molar-refractivity contribution < 1.29 is 4.79 Å². The van der Waals surface area contributed by atoms with Crippen LogP contribution in [0.5, 0.6) is 0 Å². The molecule has 0 saturated carbocycles. The molecule has 2 heteroatoms. The van der Waals surface area contributed by atoms with E-state index in [-0.39, 0.29) is 5.92 Å². The Kier molecular flexibility index (Phi) is 2.22. The summed E-state index contributed by atoms with van der Waals surface area (Å²) in [5.74, 6) is 0.572. The van der Waals surface area contributed by atoms with Gasteiger partial charge in [-0.15, -0.1) is 0 Å². The summed E-state index contributed by atoms with van der Waals surface area (Å²) < 4.78 is 0. The molecule has 0 aromatic rings. The minimum absolute atomic E-state index is 0.242. The lowest BCUT2D eigenvalue weighted by molar-refractivity contribution is -0.123. The van der Waals surface area contributed by atoms with Crippen molar-refractivity contribution in [2.75, 3.05) is 13.1 Å². The summed E-state index contributed by atoms with van der Waals surface area (Å²) in [6.45, 7) is 5.24. The normalized spacial score (nSPS) is 28.6. The van der Waals surface area contributed by atoms with E-state index >= 15 is 0 Å². The Morgan fingerprint density at radius 1 is 1.78 bits per heavy atom. The van der Waals surface area contributed by atoms with E-state index in [0.717, 1.165) is 19.4 Å². The van der Waals surface area contributed by atoms with Crippen LogP contribution in [0, 0.1) is 12.8 Å². The molecule has 0 bridgehead atoms. The van der Waals surface area contributed by atoms with Crippen LogP contribution in [0.25, 0.3) is 0 Å². The summed E-state index contributed by atoms with van der Waals surface area (Å²) in [6.07, 6.45) is 1.74. The van der Waals surface area contributed by atoms with Gasteiger partial charge in [0.2, 0.25) is 0 Å². The second kappa shape index (κ2) is 2.97. The summed E-state index contributed by atoms with van der Waals surface area (Å²) in [4.78, 5) is 10.9. The molecule has 0 spiro atoms. The lowest BCUT2D eigenvalue weighted by Crippen LogP contribution is -2.36. The highest BCUT2D eigenvalue weighted by Gasteiger charge is 2.18. The first kappa shape index (κ1) is 6.75. The van der Waals surface area contributed by atoms with Gasteiger partial charge in [0, 0.05) is 5.92 Å². The zero-order valence-electron chi connectivity index (χ0n) is 5.52. The number of ketones is 1. The summed E-state index contributed by atoms with van der Waals surface area (Å²) in [6, 6.07) is 0. The van der Waals surface area contributed by atoms with Crippen molar-refractivity contribution in [3.8, 4) is 0 Å². The maximum Gasteiger partial charge on any atom is 0.149 e. The van der Waals surface area contributed by atoms with Crippen molar-refractivity contribution in [2.24, 2.45) is 5.92 Å². The fraction of sp³-hybridized carbons (Fsp3) is 0.714. The molecule has 1 atom stereocenters. The van der Waals surface area contributed by atoms with Gasteiger partial charge in [-0.05, 0) is 19.4 Å². The molecule has 0 aliphatic carbocycles. The quantitative estimate of drug-likeness (QED) is 0.550. The third kappa shape index (κ3) is 1.52. The summed E-state index contributed by atoms with van der Waals surface area (Å²) in [5, 5.41) is 3.02. The second-order valence-electron chi connectivity index (χ2n) is 2.42. The largest absolute Gasteiger partial charge is 0.310 e. The summed E-state index contributed by atoms with van der Waals surface area (Å²) in [5.41, 5.74) is 0. The molecular formula is C7H12NO. The summed E-state index contributed by atoms with van der Waals surface area (Å²) in [7, 11) is 0. The van der Waals surface area contributed by atoms with E-state index in [1.165, 1.54) is 0 Å². The molecule has 9 heavy (non-hydrogen) atoms. The maximum atomic E-state index is 10.9. The number of carbonyl (C=O) groups is 1.